The number of carbonyl (C=O) groups excluding carboxylic acids is 2. The molecule has 1 aliphatic rings. The maximum Gasteiger partial charge on any atom is 0.141 e. The number of hydrogen-bond donors (Lipinski definition) is 1. The van der Waals surface area contributed by atoms with Crippen molar-refractivity contribution in [2.45, 2.75) is 26.4 Å². The number of nitrogens with one attached hydrogen (secondary N) is 1. The fourth-order valence-corrected chi connectivity index (χ4v) is 2.90. The fraction of sp³-hybridized carbons (Fsp3) is 0.500. The number of benzene rings is 1. The van der Waals surface area contributed by atoms with Gasteiger partial charge in [-0.1, -0.05) is 30.3 Å². The van der Waals surface area contributed by atoms with Crippen molar-refractivity contribution in [2.24, 2.45) is 5.92 Å². The van der Waals surface area contributed by atoms with E-state index in [4.69, 9.17) is 0 Å². The van der Waals surface area contributed by atoms with Crippen LogP contribution < -0.4 is 5.32 Å². The molecule has 0 saturated carbocycles. The van der Waals surface area contributed by atoms with E-state index in [-0.39, 0.29) is 17.6 Å². The van der Waals surface area contributed by atoms with E-state index in [1.807, 2.05) is 18.2 Å². The highest BCUT2D eigenvalue weighted by Gasteiger charge is 2.32. The second kappa shape index (κ2) is 6.77. The van der Waals surface area contributed by atoms with Crippen molar-refractivity contribution >= 4 is 11.6 Å². The highest BCUT2D eigenvalue weighted by Crippen LogP contribution is 2.14. The predicted octanol–water partition coefficient (Wildman–Crippen LogP) is 1.25. The largest absolute Gasteiger partial charge is 0.310 e. The number of Topliss-reactive ketones (excluding diaryl/α,β-unsaturated/α-hetero) is 2. The Morgan fingerprint density at radius 2 is 1.90 bits per heavy atom. The van der Waals surface area contributed by atoms with Gasteiger partial charge in [0.05, 0.1) is 5.92 Å². The minimum Gasteiger partial charge on any atom is -0.310 e. The lowest BCUT2D eigenvalue weighted by atomic mass is 9.90. The predicted molar refractivity (Wildman–Crippen MR) is 78.4 cm³/mol. The van der Waals surface area contributed by atoms with Crippen LogP contribution in [-0.4, -0.2) is 42.1 Å². The Kier molecular flexibility index (Phi) is 5.04. The Bertz CT molecular complexity index is 459. The highest BCUT2D eigenvalue weighted by molar-refractivity contribution is 6.01. The Morgan fingerprint density at radius 1 is 1.25 bits per heavy atom. The molecule has 4 nitrogen and oxygen atoms in total. The van der Waals surface area contributed by atoms with Gasteiger partial charge in [-0.25, -0.2) is 0 Å². The van der Waals surface area contributed by atoms with Crippen LogP contribution in [0.25, 0.3) is 0 Å². The van der Waals surface area contributed by atoms with E-state index in [9.17, 15) is 9.59 Å². The summed E-state index contributed by atoms with van der Waals surface area (Å²) in [5.41, 5.74) is 1.26. The van der Waals surface area contributed by atoms with Gasteiger partial charge in [0.1, 0.15) is 11.6 Å². The zero-order valence-corrected chi connectivity index (χ0v) is 12.1. The molecule has 1 aromatic carbocycles. The van der Waals surface area contributed by atoms with Crippen molar-refractivity contribution in [2.75, 3.05) is 19.6 Å². The summed E-state index contributed by atoms with van der Waals surface area (Å²) < 4.78 is 0. The van der Waals surface area contributed by atoms with Crippen LogP contribution in [0.15, 0.2) is 30.3 Å². The molecule has 20 heavy (non-hydrogen) atoms. The topological polar surface area (TPSA) is 49.4 Å². The molecule has 0 amide bonds. The number of nitrogens with zero attached hydrogens (tertiary/aromatic N) is 1. The second-order valence-corrected chi connectivity index (χ2v) is 5.48. The molecule has 1 aromatic rings. The van der Waals surface area contributed by atoms with Crippen molar-refractivity contribution in [3.05, 3.63) is 35.9 Å². The number of ketones is 2. The quantitative estimate of drug-likeness (QED) is 0.821. The highest BCUT2D eigenvalue weighted by atomic mass is 16.1. The second-order valence-electron chi connectivity index (χ2n) is 5.48. The molecule has 1 unspecified atom stereocenters. The van der Waals surface area contributed by atoms with E-state index >= 15 is 0 Å². The van der Waals surface area contributed by atoms with E-state index in [2.05, 4.69) is 22.3 Å². The molecular formula is C16H22N2O2. The summed E-state index contributed by atoms with van der Waals surface area (Å²) in [6.45, 7) is 6.36. The number of rotatable bonds is 5. The van der Waals surface area contributed by atoms with E-state index in [1.54, 1.807) is 0 Å². The van der Waals surface area contributed by atoms with Gasteiger partial charge in [0.25, 0.3) is 0 Å². The summed E-state index contributed by atoms with van der Waals surface area (Å²) in [5, 5.41) is 3.31. The van der Waals surface area contributed by atoms with Crippen molar-refractivity contribution in [1.29, 1.82) is 0 Å². The van der Waals surface area contributed by atoms with Crippen LogP contribution in [0.1, 0.15) is 19.4 Å². The molecule has 1 saturated heterocycles. The van der Waals surface area contributed by atoms with Crippen LogP contribution in [0.5, 0.6) is 0 Å². The molecule has 2 rings (SSSR count). The van der Waals surface area contributed by atoms with E-state index in [0.29, 0.717) is 0 Å². The van der Waals surface area contributed by atoms with Crippen molar-refractivity contribution in [1.82, 2.24) is 10.2 Å². The Morgan fingerprint density at radius 3 is 2.50 bits per heavy atom. The van der Waals surface area contributed by atoms with Crippen LogP contribution >= 0.6 is 0 Å². The molecule has 108 valence electrons. The Labute approximate surface area is 120 Å². The van der Waals surface area contributed by atoms with Gasteiger partial charge in [-0.05, 0) is 19.4 Å². The SMILES string of the molecule is CC(=O)C(C(C)=O)C1CN(Cc2ccccc2)CCN1. The summed E-state index contributed by atoms with van der Waals surface area (Å²) in [6.07, 6.45) is 0. The molecule has 0 radical (unpaired) electrons. The molecule has 1 heterocycles. The molecule has 1 fully saturated rings. The third-order valence-corrected chi connectivity index (χ3v) is 3.82. The zero-order valence-electron chi connectivity index (χ0n) is 12.1. The first-order valence-corrected chi connectivity index (χ1v) is 7.08. The smallest absolute Gasteiger partial charge is 0.141 e. The molecular weight excluding hydrogens is 252 g/mol. The minimum absolute atomic E-state index is 0.0449. The van der Waals surface area contributed by atoms with Gasteiger partial charge in [0, 0.05) is 32.2 Å². The summed E-state index contributed by atoms with van der Waals surface area (Å²) in [7, 11) is 0. The third kappa shape index (κ3) is 3.74. The van der Waals surface area contributed by atoms with Crippen molar-refractivity contribution in [3.63, 3.8) is 0 Å². The molecule has 1 aliphatic heterocycles. The Balaban J connectivity index is 2.01. The lowest BCUT2D eigenvalue weighted by Crippen LogP contribution is -2.56. The van der Waals surface area contributed by atoms with E-state index < -0.39 is 5.92 Å². The summed E-state index contributed by atoms with van der Waals surface area (Å²) >= 11 is 0. The summed E-state index contributed by atoms with van der Waals surface area (Å²) in [4.78, 5) is 25.6. The van der Waals surface area contributed by atoms with Crippen LogP contribution in [0.2, 0.25) is 0 Å². The number of piperazine rings is 1. The summed E-state index contributed by atoms with van der Waals surface area (Å²) in [6, 6.07) is 10.2. The van der Waals surface area contributed by atoms with Crippen LogP contribution in [0, 0.1) is 5.92 Å². The number of carbonyl (C=O) groups is 2. The van der Waals surface area contributed by atoms with Crippen LogP contribution in [-0.2, 0) is 16.1 Å². The maximum atomic E-state index is 11.7. The molecule has 4 heteroatoms. The standard InChI is InChI=1S/C16H22N2O2/c1-12(19)16(13(2)20)15-11-18(9-8-17-15)10-14-6-4-3-5-7-14/h3-7,15-17H,8-11H2,1-2H3. The normalized spacial score (nSPS) is 20.1. The molecule has 0 spiro atoms. The third-order valence-electron chi connectivity index (χ3n) is 3.82. The first kappa shape index (κ1) is 14.9. The Hall–Kier alpha value is -1.52. The van der Waals surface area contributed by atoms with Crippen LogP contribution in [0.4, 0.5) is 0 Å². The van der Waals surface area contributed by atoms with Crippen molar-refractivity contribution in [3.8, 4) is 0 Å². The lowest BCUT2D eigenvalue weighted by Gasteiger charge is -2.36. The van der Waals surface area contributed by atoms with Crippen LogP contribution in [0.3, 0.4) is 0 Å². The van der Waals surface area contributed by atoms with Gasteiger partial charge in [-0.2, -0.15) is 0 Å². The van der Waals surface area contributed by atoms with E-state index in [0.717, 1.165) is 26.2 Å². The summed E-state index contributed by atoms with van der Waals surface area (Å²) in [5.74, 6) is -0.610. The first-order valence-electron chi connectivity index (χ1n) is 7.08. The monoisotopic (exact) mass is 274 g/mol. The van der Waals surface area contributed by atoms with Gasteiger partial charge in [0.2, 0.25) is 0 Å². The lowest BCUT2D eigenvalue weighted by molar-refractivity contribution is -0.132. The minimum atomic E-state index is -0.520. The van der Waals surface area contributed by atoms with E-state index in [1.165, 1.54) is 19.4 Å². The maximum absolute atomic E-state index is 11.7. The van der Waals surface area contributed by atoms with Gasteiger partial charge in [0.15, 0.2) is 0 Å². The fourth-order valence-electron chi connectivity index (χ4n) is 2.90. The van der Waals surface area contributed by atoms with Gasteiger partial charge < -0.3 is 5.32 Å². The molecule has 0 bridgehead atoms. The molecule has 0 aromatic heterocycles. The molecule has 1 N–H and O–H groups in total. The van der Waals surface area contributed by atoms with Crippen molar-refractivity contribution < 1.29 is 9.59 Å². The molecule has 0 aliphatic carbocycles. The molecule has 1 atom stereocenters. The first-order chi connectivity index (χ1) is 9.58. The van der Waals surface area contributed by atoms with Gasteiger partial charge in [-0.15, -0.1) is 0 Å². The number of hydrogen-bond acceptors (Lipinski definition) is 4. The van der Waals surface area contributed by atoms with Gasteiger partial charge in [-0.3, -0.25) is 14.5 Å². The average Bonchev–Trinajstić information content (AvgIpc) is 2.39. The van der Waals surface area contributed by atoms with Gasteiger partial charge >= 0.3 is 0 Å². The average molecular weight is 274 g/mol. The zero-order chi connectivity index (χ0) is 14.5.